The van der Waals surface area contributed by atoms with Gasteiger partial charge in [0.15, 0.2) is 0 Å². The predicted molar refractivity (Wildman–Crippen MR) is 66.6 cm³/mol. The van der Waals surface area contributed by atoms with Gasteiger partial charge in [-0.1, -0.05) is 19.8 Å². The largest absolute Gasteiger partial charge is 0.354 e. The molecule has 0 saturated carbocycles. The number of nitrogens with two attached hydrogens (primary N) is 1. The van der Waals surface area contributed by atoms with Crippen molar-refractivity contribution in [2.45, 2.75) is 26.3 Å². The van der Waals surface area contributed by atoms with Crippen LogP contribution >= 0.6 is 11.8 Å². The van der Waals surface area contributed by atoms with Crippen LogP contribution in [0.5, 0.6) is 0 Å². The summed E-state index contributed by atoms with van der Waals surface area (Å²) in [5, 5.41) is 2.79. The fourth-order valence-electron chi connectivity index (χ4n) is 1.12. The summed E-state index contributed by atoms with van der Waals surface area (Å²) in [5.41, 5.74) is 5.71. The Kier molecular flexibility index (Phi) is 8.25. The fourth-order valence-corrected chi connectivity index (χ4v) is 1.63. The van der Waals surface area contributed by atoms with E-state index in [0.717, 1.165) is 12.2 Å². The number of amides is 1. The highest BCUT2D eigenvalue weighted by Gasteiger charge is 2.13. The van der Waals surface area contributed by atoms with Gasteiger partial charge in [0.05, 0.1) is 11.8 Å². The van der Waals surface area contributed by atoms with Crippen molar-refractivity contribution in [3.8, 4) is 12.3 Å². The molecule has 0 aliphatic rings. The van der Waals surface area contributed by atoms with Crippen LogP contribution in [0.4, 0.5) is 0 Å². The first-order valence-electron chi connectivity index (χ1n) is 5.12. The summed E-state index contributed by atoms with van der Waals surface area (Å²) in [4.78, 5) is 11.4. The van der Waals surface area contributed by atoms with Crippen LogP contribution in [0.2, 0.25) is 0 Å². The first-order chi connectivity index (χ1) is 7.07. The van der Waals surface area contributed by atoms with E-state index >= 15 is 0 Å². The zero-order valence-corrected chi connectivity index (χ0v) is 10.3. The first-order valence-corrected chi connectivity index (χ1v) is 6.28. The van der Waals surface area contributed by atoms with Crippen molar-refractivity contribution in [3.05, 3.63) is 0 Å². The Labute approximate surface area is 96.6 Å². The van der Waals surface area contributed by atoms with Gasteiger partial charge in [-0.3, -0.25) is 4.79 Å². The van der Waals surface area contributed by atoms with E-state index in [0.29, 0.717) is 18.2 Å². The summed E-state index contributed by atoms with van der Waals surface area (Å²) in [6, 6.07) is -0.386. The molecule has 1 atom stereocenters. The van der Waals surface area contributed by atoms with Crippen molar-refractivity contribution in [2.24, 2.45) is 11.7 Å². The molecule has 0 saturated heterocycles. The van der Waals surface area contributed by atoms with Gasteiger partial charge in [0.2, 0.25) is 5.91 Å². The number of hydrogen-bond donors (Lipinski definition) is 2. The lowest BCUT2D eigenvalue weighted by atomic mass is 10.0. The second-order valence-corrected chi connectivity index (χ2v) is 4.89. The third-order valence-corrected chi connectivity index (χ3v) is 2.66. The van der Waals surface area contributed by atoms with E-state index < -0.39 is 0 Å². The van der Waals surface area contributed by atoms with E-state index in [1.54, 1.807) is 11.8 Å². The normalized spacial score (nSPS) is 12.2. The van der Waals surface area contributed by atoms with Crippen molar-refractivity contribution >= 4 is 17.7 Å². The summed E-state index contributed by atoms with van der Waals surface area (Å²) in [6.45, 7) is 4.74. The molecule has 0 spiro atoms. The topological polar surface area (TPSA) is 55.1 Å². The van der Waals surface area contributed by atoms with Crippen molar-refractivity contribution in [1.29, 1.82) is 0 Å². The van der Waals surface area contributed by atoms with Crippen LogP contribution in [-0.4, -0.2) is 30.0 Å². The Morgan fingerprint density at radius 2 is 2.27 bits per heavy atom. The number of carbonyl (C=O) groups excluding carboxylic acids is 1. The van der Waals surface area contributed by atoms with Gasteiger partial charge in [-0.2, -0.15) is 0 Å². The maximum atomic E-state index is 11.4. The molecule has 1 amide bonds. The van der Waals surface area contributed by atoms with E-state index in [9.17, 15) is 4.79 Å². The number of hydrogen-bond acceptors (Lipinski definition) is 3. The molecule has 0 aliphatic carbocycles. The minimum absolute atomic E-state index is 0.0648. The zero-order chi connectivity index (χ0) is 11.7. The van der Waals surface area contributed by atoms with E-state index in [4.69, 9.17) is 12.2 Å². The first kappa shape index (κ1) is 14.3. The molecule has 3 N–H and O–H groups in total. The lowest BCUT2D eigenvalue weighted by Crippen LogP contribution is -2.42. The molecular weight excluding hydrogens is 208 g/mol. The SMILES string of the molecule is C#CCSCCNC(=O)[C@@H](N)CC(C)C. The van der Waals surface area contributed by atoms with Crippen molar-refractivity contribution in [3.63, 3.8) is 0 Å². The molecule has 0 aliphatic heterocycles. The number of terminal acetylenes is 1. The molecule has 4 heteroatoms. The van der Waals surface area contributed by atoms with Crippen molar-refractivity contribution in [1.82, 2.24) is 5.32 Å². The van der Waals surface area contributed by atoms with E-state index in [-0.39, 0.29) is 11.9 Å². The monoisotopic (exact) mass is 228 g/mol. The van der Waals surface area contributed by atoms with E-state index in [1.165, 1.54) is 0 Å². The fraction of sp³-hybridized carbons (Fsp3) is 0.727. The lowest BCUT2D eigenvalue weighted by molar-refractivity contribution is -0.122. The van der Waals surface area contributed by atoms with E-state index in [1.807, 2.05) is 0 Å². The van der Waals surface area contributed by atoms with Crippen LogP contribution in [-0.2, 0) is 4.79 Å². The molecule has 0 rings (SSSR count). The molecule has 0 aromatic carbocycles. The molecule has 15 heavy (non-hydrogen) atoms. The average Bonchev–Trinajstić information content (AvgIpc) is 2.16. The summed E-state index contributed by atoms with van der Waals surface area (Å²) >= 11 is 1.63. The molecule has 0 heterocycles. The standard InChI is InChI=1S/C11H20N2OS/c1-4-6-15-7-5-13-11(14)10(12)8-9(2)3/h1,9-10H,5-8,12H2,2-3H3,(H,13,14)/t10-/m0/s1. The van der Waals surface area contributed by atoms with Crippen LogP contribution in [0, 0.1) is 18.3 Å². The van der Waals surface area contributed by atoms with Gasteiger partial charge in [0.1, 0.15) is 0 Å². The van der Waals surface area contributed by atoms with Gasteiger partial charge in [-0.15, -0.1) is 18.2 Å². The Balaban J connectivity index is 3.52. The van der Waals surface area contributed by atoms with Gasteiger partial charge in [-0.05, 0) is 12.3 Å². The van der Waals surface area contributed by atoms with Crippen molar-refractivity contribution < 1.29 is 4.79 Å². The quantitative estimate of drug-likeness (QED) is 0.501. The molecule has 0 aromatic heterocycles. The molecule has 0 unspecified atom stereocenters. The van der Waals surface area contributed by atoms with Gasteiger partial charge >= 0.3 is 0 Å². The highest BCUT2D eigenvalue weighted by molar-refractivity contribution is 7.99. The molecule has 86 valence electrons. The summed E-state index contributed by atoms with van der Waals surface area (Å²) in [5.74, 6) is 4.44. The predicted octanol–water partition coefficient (Wildman–Crippen LogP) is 0.842. The molecule has 0 fully saturated rings. The lowest BCUT2D eigenvalue weighted by Gasteiger charge is -2.13. The Morgan fingerprint density at radius 1 is 1.60 bits per heavy atom. The van der Waals surface area contributed by atoms with Gasteiger partial charge in [0.25, 0.3) is 0 Å². The summed E-state index contributed by atoms with van der Waals surface area (Å²) in [7, 11) is 0. The number of thioether (sulfide) groups is 1. The number of nitrogens with one attached hydrogen (secondary N) is 1. The molecule has 0 radical (unpaired) electrons. The molecule has 3 nitrogen and oxygen atoms in total. The van der Waals surface area contributed by atoms with Crippen LogP contribution in [0.15, 0.2) is 0 Å². The second-order valence-electron chi connectivity index (χ2n) is 3.78. The zero-order valence-electron chi connectivity index (χ0n) is 9.45. The Hall–Kier alpha value is -0.660. The summed E-state index contributed by atoms with van der Waals surface area (Å²) in [6.07, 6.45) is 5.82. The summed E-state index contributed by atoms with van der Waals surface area (Å²) < 4.78 is 0. The Bertz CT molecular complexity index is 223. The highest BCUT2D eigenvalue weighted by Crippen LogP contribution is 2.02. The molecule has 0 aromatic rings. The average molecular weight is 228 g/mol. The van der Waals surface area contributed by atoms with E-state index in [2.05, 4.69) is 25.1 Å². The molecular formula is C11H20N2OS. The maximum Gasteiger partial charge on any atom is 0.236 e. The third-order valence-electron chi connectivity index (χ3n) is 1.79. The third kappa shape index (κ3) is 8.34. The minimum atomic E-state index is -0.386. The number of rotatable bonds is 7. The van der Waals surface area contributed by atoms with Gasteiger partial charge in [-0.25, -0.2) is 0 Å². The minimum Gasteiger partial charge on any atom is -0.354 e. The van der Waals surface area contributed by atoms with Crippen LogP contribution < -0.4 is 11.1 Å². The smallest absolute Gasteiger partial charge is 0.236 e. The highest BCUT2D eigenvalue weighted by atomic mass is 32.2. The number of carbonyl (C=O) groups is 1. The van der Waals surface area contributed by atoms with Gasteiger partial charge < -0.3 is 11.1 Å². The van der Waals surface area contributed by atoms with Gasteiger partial charge in [0, 0.05) is 12.3 Å². The maximum absolute atomic E-state index is 11.4. The van der Waals surface area contributed by atoms with Crippen LogP contribution in [0.25, 0.3) is 0 Å². The Morgan fingerprint density at radius 3 is 2.80 bits per heavy atom. The van der Waals surface area contributed by atoms with Crippen molar-refractivity contribution in [2.75, 3.05) is 18.1 Å². The van der Waals surface area contributed by atoms with Crippen LogP contribution in [0.1, 0.15) is 20.3 Å². The molecule has 0 bridgehead atoms. The second kappa shape index (κ2) is 8.63. The van der Waals surface area contributed by atoms with Crippen LogP contribution in [0.3, 0.4) is 0 Å².